The molecule has 0 aromatic heterocycles. The molecule has 0 aliphatic carbocycles. The Hall–Kier alpha value is -1.68. The summed E-state index contributed by atoms with van der Waals surface area (Å²) in [5.74, 6) is -1.35. The van der Waals surface area contributed by atoms with Crippen LogP contribution in [-0.4, -0.2) is 6.43 Å². The van der Waals surface area contributed by atoms with Gasteiger partial charge in [-0.05, 0) is 35.7 Å². The van der Waals surface area contributed by atoms with Gasteiger partial charge >= 0.3 is 0 Å². The van der Waals surface area contributed by atoms with E-state index in [1.807, 2.05) is 0 Å². The van der Waals surface area contributed by atoms with Crippen LogP contribution in [0.15, 0.2) is 42.5 Å². The maximum Gasteiger partial charge on any atom is 0.245 e. The lowest BCUT2D eigenvalue weighted by Gasteiger charge is -2.20. The lowest BCUT2D eigenvalue weighted by atomic mass is 9.89. The summed E-state index contributed by atoms with van der Waals surface area (Å²) in [4.78, 5) is 0. The molecule has 2 rings (SSSR count). The van der Waals surface area contributed by atoms with Crippen LogP contribution in [0.5, 0.6) is 11.5 Å². The van der Waals surface area contributed by atoms with Gasteiger partial charge in [0, 0.05) is 5.92 Å². The minimum absolute atomic E-state index is 0.0776. The summed E-state index contributed by atoms with van der Waals surface area (Å²) in [6.45, 7) is 3.50. The second-order valence-corrected chi connectivity index (χ2v) is 5.73. The fourth-order valence-electron chi connectivity index (χ4n) is 2.28. The Morgan fingerprint density at radius 3 is 2.14 bits per heavy atom. The zero-order chi connectivity index (χ0) is 16.3. The first kappa shape index (κ1) is 16.7. The molecule has 0 aliphatic heterocycles. The normalized spacial score (nSPS) is 12.7. The Labute approximate surface area is 132 Å². The fourth-order valence-corrected chi connectivity index (χ4v) is 2.48. The van der Waals surface area contributed by atoms with Crippen molar-refractivity contribution >= 4 is 11.6 Å². The van der Waals surface area contributed by atoms with Crippen molar-refractivity contribution < 1.29 is 17.9 Å². The van der Waals surface area contributed by atoms with Gasteiger partial charge in [-0.1, -0.05) is 43.6 Å². The lowest BCUT2D eigenvalue weighted by Crippen LogP contribution is -2.15. The number of halogens is 4. The smallest absolute Gasteiger partial charge is 0.245 e. The fraction of sp³-hybridized carbons (Fsp3) is 0.294. The highest BCUT2D eigenvalue weighted by Crippen LogP contribution is 2.34. The molecule has 22 heavy (non-hydrogen) atoms. The Balaban J connectivity index is 2.22. The van der Waals surface area contributed by atoms with Crippen molar-refractivity contribution in [3.63, 3.8) is 0 Å². The topological polar surface area (TPSA) is 9.23 Å². The maximum absolute atomic E-state index is 13.6. The molecular formula is C17H16ClF3O. The quantitative estimate of drug-likeness (QED) is 0.628. The minimum Gasteiger partial charge on any atom is -0.453 e. The average Bonchev–Trinajstić information content (AvgIpc) is 2.44. The number of benzene rings is 2. The Kier molecular flexibility index (Phi) is 5.35. The zero-order valence-electron chi connectivity index (χ0n) is 12.2. The molecule has 0 saturated carbocycles. The second-order valence-electron chi connectivity index (χ2n) is 5.33. The third kappa shape index (κ3) is 3.74. The largest absolute Gasteiger partial charge is 0.453 e. The van der Waals surface area contributed by atoms with Crippen LogP contribution in [0.2, 0.25) is 5.02 Å². The van der Waals surface area contributed by atoms with Gasteiger partial charge < -0.3 is 4.74 Å². The molecule has 0 N–H and O–H groups in total. The molecule has 5 heteroatoms. The van der Waals surface area contributed by atoms with Crippen LogP contribution < -0.4 is 4.74 Å². The average molecular weight is 329 g/mol. The van der Waals surface area contributed by atoms with Crippen molar-refractivity contribution in [3.05, 3.63) is 58.9 Å². The maximum atomic E-state index is 13.6. The van der Waals surface area contributed by atoms with Gasteiger partial charge in [0.25, 0.3) is 0 Å². The molecule has 0 heterocycles. The lowest BCUT2D eigenvalue weighted by molar-refractivity contribution is 0.0934. The summed E-state index contributed by atoms with van der Waals surface area (Å²) < 4.78 is 45.2. The van der Waals surface area contributed by atoms with E-state index in [9.17, 15) is 13.2 Å². The van der Waals surface area contributed by atoms with E-state index < -0.39 is 18.2 Å². The monoisotopic (exact) mass is 328 g/mol. The van der Waals surface area contributed by atoms with E-state index in [-0.39, 0.29) is 16.7 Å². The van der Waals surface area contributed by atoms with Gasteiger partial charge in [0.05, 0.1) is 5.02 Å². The van der Waals surface area contributed by atoms with Crippen molar-refractivity contribution in [2.24, 2.45) is 5.92 Å². The van der Waals surface area contributed by atoms with Crippen LogP contribution in [-0.2, 0) is 0 Å². The first-order valence-electron chi connectivity index (χ1n) is 6.90. The Bertz CT molecular complexity index is 598. The van der Waals surface area contributed by atoms with Crippen LogP contribution in [0.25, 0.3) is 0 Å². The highest BCUT2D eigenvalue weighted by Gasteiger charge is 2.25. The van der Waals surface area contributed by atoms with Crippen molar-refractivity contribution in [2.45, 2.75) is 26.2 Å². The van der Waals surface area contributed by atoms with Gasteiger partial charge in [-0.25, -0.2) is 13.2 Å². The first-order valence-corrected chi connectivity index (χ1v) is 7.28. The number of para-hydroxylation sites is 1. The SMILES string of the molecule is CC(C)C(c1ccc(Oc2c(F)cccc2Cl)cc1)C(F)F. The predicted octanol–water partition coefficient (Wildman–Crippen LogP) is 6.28. The number of alkyl halides is 2. The summed E-state index contributed by atoms with van der Waals surface area (Å²) in [6, 6.07) is 10.4. The van der Waals surface area contributed by atoms with Crippen molar-refractivity contribution in [1.82, 2.24) is 0 Å². The molecule has 118 valence electrons. The van der Waals surface area contributed by atoms with Gasteiger partial charge in [0.15, 0.2) is 11.6 Å². The molecule has 2 aromatic rings. The molecular weight excluding hydrogens is 313 g/mol. The highest BCUT2D eigenvalue weighted by atomic mass is 35.5. The molecule has 0 saturated heterocycles. The summed E-state index contributed by atoms with van der Waals surface area (Å²) in [5.41, 5.74) is 0.525. The van der Waals surface area contributed by atoms with Crippen LogP contribution in [0.3, 0.4) is 0 Å². The van der Waals surface area contributed by atoms with Crippen molar-refractivity contribution in [3.8, 4) is 11.5 Å². The molecule has 0 radical (unpaired) electrons. The molecule has 0 amide bonds. The van der Waals surface area contributed by atoms with Crippen LogP contribution in [0.4, 0.5) is 13.2 Å². The van der Waals surface area contributed by atoms with E-state index in [0.29, 0.717) is 11.3 Å². The molecule has 0 fully saturated rings. The van der Waals surface area contributed by atoms with E-state index in [1.54, 1.807) is 26.0 Å². The van der Waals surface area contributed by atoms with E-state index in [0.717, 1.165) is 0 Å². The highest BCUT2D eigenvalue weighted by molar-refractivity contribution is 6.32. The Morgan fingerprint density at radius 2 is 1.64 bits per heavy atom. The van der Waals surface area contributed by atoms with Crippen LogP contribution in [0.1, 0.15) is 25.3 Å². The minimum atomic E-state index is -2.44. The number of hydrogen-bond donors (Lipinski definition) is 0. The van der Waals surface area contributed by atoms with Crippen LogP contribution >= 0.6 is 11.6 Å². The molecule has 0 aliphatic rings. The first-order chi connectivity index (χ1) is 10.4. The zero-order valence-corrected chi connectivity index (χ0v) is 12.9. The standard InChI is InChI=1S/C17H16ClF3O/c1-10(2)15(17(20)21)11-6-8-12(9-7-11)22-16-13(18)4-3-5-14(16)19/h3-10,15,17H,1-2H3. The second kappa shape index (κ2) is 7.05. The van der Waals surface area contributed by atoms with Gasteiger partial charge in [0.2, 0.25) is 6.43 Å². The molecule has 1 atom stereocenters. The Morgan fingerprint density at radius 1 is 1.00 bits per heavy atom. The van der Waals surface area contributed by atoms with Crippen LogP contribution in [0, 0.1) is 11.7 Å². The summed E-state index contributed by atoms with van der Waals surface area (Å²) in [5, 5.41) is 0.150. The molecule has 0 spiro atoms. The predicted molar refractivity (Wildman–Crippen MR) is 81.5 cm³/mol. The van der Waals surface area contributed by atoms with E-state index in [1.165, 1.54) is 30.3 Å². The van der Waals surface area contributed by atoms with Gasteiger partial charge in [-0.3, -0.25) is 0 Å². The van der Waals surface area contributed by atoms with E-state index >= 15 is 0 Å². The number of hydrogen-bond acceptors (Lipinski definition) is 1. The van der Waals surface area contributed by atoms with Crippen molar-refractivity contribution in [2.75, 3.05) is 0 Å². The summed E-state index contributed by atoms with van der Waals surface area (Å²) in [6.07, 6.45) is -2.44. The van der Waals surface area contributed by atoms with Gasteiger partial charge in [0.1, 0.15) is 5.75 Å². The molecule has 1 nitrogen and oxygen atoms in total. The summed E-state index contributed by atoms with van der Waals surface area (Å²) in [7, 11) is 0. The third-order valence-electron chi connectivity index (χ3n) is 3.39. The molecule has 0 bridgehead atoms. The third-order valence-corrected chi connectivity index (χ3v) is 3.69. The molecule has 2 aromatic carbocycles. The van der Waals surface area contributed by atoms with E-state index in [4.69, 9.17) is 16.3 Å². The summed E-state index contributed by atoms with van der Waals surface area (Å²) >= 11 is 5.88. The van der Waals surface area contributed by atoms with Gasteiger partial charge in [-0.15, -0.1) is 0 Å². The van der Waals surface area contributed by atoms with Crippen molar-refractivity contribution in [1.29, 1.82) is 0 Å². The van der Waals surface area contributed by atoms with Gasteiger partial charge in [-0.2, -0.15) is 0 Å². The molecule has 1 unspecified atom stereocenters. The number of rotatable bonds is 5. The van der Waals surface area contributed by atoms with E-state index in [2.05, 4.69) is 0 Å². The number of ether oxygens (including phenoxy) is 1.